The Labute approximate surface area is 173 Å². The maximum absolute atomic E-state index is 11.3. The van der Waals surface area contributed by atoms with Crippen LogP contribution in [0.1, 0.15) is 10.4 Å². The summed E-state index contributed by atoms with van der Waals surface area (Å²) in [5, 5.41) is 1.69. The standard InChI is InChI=1S/C25H20BrOP/c26-28(22-10-4-1-5-11-22,23-12-6-2-7-13-23,24-14-8-3-9-15-24)25-18-16-21(20-27)17-19-25/h1-20H. The fourth-order valence-electron chi connectivity index (χ4n) is 3.85. The van der Waals surface area contributed by atoms with Gasteiger partial charge in [0.15, 0.2) is 0 Å². The molecule has 0 aliphatic rings. The summed E-state index contributed by atoms with van der Waals surface area (Å²) in [6.07, 6.45) is 0.889. The van der Waals surface area contributed by atoms with E-state index in [0.29, 0.717) is 5.56 Å². The molecule has 0 heterocycles. The molecule has 0 N–H and O–H groups in total. The van der Waals surface area contributed by atoms with E-state index >= 15 is 0 Å². The van der Waals surface area contributed by atoms with Gasteiger partial charge in [-0.25, -0.2) is 0 Å². The van der Waals surface area contributed by atoms with Crippen LogP contribution in [0.5, 0.6) is 0 Å². The number of benzene rings is 4. The monoisotopic (exact) mass is 446 g/mol. The van der Waals surface area contributed by atoms with Crippen molar-refractivity contribution in [2.45, 2.75) is 0 Å². The molecule has 1 nitrogen and oxygen atoms in total. The number of carbonyl (C=O) groups is 1. The van der Waals surface area contributed by atoms with Crippen molar-refractivity contribution in [3.05, 3.63) is 121 Å². The van der Waals surface area contributed by atoms with Crippen molar-refractivity contribution in [3.8, 4) is 0 Å². The summed E-state index contributed by atoms with van der Waals surface area (Å²) in [7, 11) is 0. The summed E-state index contributed by atoms with van der Waals surface area (Å²) < 4.78 is 0. The van der Waals surface area contributed by atoms with Crippen LogP contribution in [0.3, 0.4) is 0 Å². The Morgan fingerprint density at radius 1 is 0.500 bits per heavy atom. The zero-order chi connectivity index (χ0) is 19.5. The Kier molecular flexibility index (Phi) is 5.02. The van der Waals surface area contributed by atoms with Gasteiger partial charge in [-0.1, -0.05) is 0 Å². The number of rotatable bonds is 5. The summed E-state index contributed by atoms with van der Waals surface area (Å²) in [6.45, 7) is 0. The second kappa shape index (κ2) is 7.47. The van der Waals surface area contributed by atoms with E-state index in [1.54, 1.807) is 0 Å². The average molecular weight is 447 g/mol. The van der Waals surface area contributed by atoms with E-state index in [9.17, 15) is 4.79 Å². The van der Waals surface area contributed by atoms with Crippen LogP contribution in [0, 0.1) is 0 Å². The van der Waals surface area contributed by atoms with Crippen LogP contribution in [0.2, 0.25) is 0 Å². The van der Waals surface area contributed by atoms with Gasteiger partial charge in [0.2, 0.25) is 0 Å². The van der Waals surface area contributed by atoms with Crippen molar-refractivity contribution in [1.29, 1.82) is 0 Å². The van der Waals surface area contributed by atoms with Crippen LogP contribution in [0.25, 0.3) is 0 Å². The fourth-order valence-corrected chi connectivity index (χ4v) is 11.4. The second-order valence-electron chi connectivity index (χ2n) is 6.72. The summed E-state index contributed by atoms with van der Waals surface area (Å²) in [4.78, 5) is 11.3. The van der Waals surface area contributed by atoms with Gasteiger partial charge in [-0.3, -0.25) is 0 Å². The average Bonchev–Trinajstić information content (AvgIpc) is 2.80. The molecule has 138 valence electrons. The Hall–Kier alpha value is -2.54. The molecule has 4 rings (SSSR count). The molecule has 0 bridgehead atoms. The van der Waals surface area contributed by atoms with E-state index < -0.39 is 5.31 Å². The molecule has 0 saturated carbocycles. The first-order valence-corrected chi connectivity index (χ1v) is 13.4. The van der Waals surface area contributed by atoms with E-state index in [4.69, 9.17) is 0 Å². The molecule has 0 fully saturated rings. The SMILES string of the molecule is O=Cc1ccc(P(Br)(c2ccccc2)(c2ccccc2)c2ccccc2)cc1. The van der Waals surface area contributed by atoms with Gasteiger partial charge < -0.3 is 0 Å². The molecule has 4 aromatic carbocycles. The molecule has 0 amide bonds. The van der Waals surface area contributed by atoms with Crippen molar-refractivity contribution in [2.24, 2.45) is 0 Å². The number of carbonyl (C=O) groups excluding carboxylic acids is 1. The first kappa shape index (κ1) is 18.8. The zero-order valence-corrected chi connectivity index (χ0v) is 17.8. The van der Waals surface area contributed by atoms with Crippen LogP contribution >= 0.6 is 20.8 Å². The topological polar surface area (TPSA) is 17.1 Å². The van der Waals surface area contributed by atoms with Gasteiger partial charge >= 0.3 is 174 Å². The Balaban J connectivity index is 2.20. The molecule has 3 heteroatoms. The predicted octanol–water partition coefficient (Wildman–Crippen LogP) is 4.96. The molecule has 0 aliphatic carbocycles. The number of hydrogen-bond acceptors (Lipinski definition) is 1. The first-order valence-electron chi connectivity index (χ1n) is 9.14. The van der Waals surface area contributed by atoms with Crippen LogP contribution in [0.4, 0.5) is 0 Å². The van der Waals surface area contributed by atoms with Crippen molar-refractivity contribution in [1.82, 2.24) is 0 Å². The normalized spacial score (nSPS) is 12.7. The van der Waals surface area contributed by atoms with Crippen LogP contribution < -0.4 is 21.2 Å². The van der Waals surface area contributed by atoms with E-state index in [1.165, 1.54) is 21.2 Å². The number of aldehydes is 1. The van der Waals surface area contributed by atoms with Gasteiger partial charge in [0.05, 0.1) is 0 Å². The van der Waals surface area contributed by atoms with Crippen LogP contribution in [0.15, 0.2) is 115 Å². The Bertz CT molecular complexity index is 978. The van der Waals surface area contributed by atoms with Crippen molar-refractivity contribution in [3.63, 3.8) is 0 Å². The molecule has 0 radical (unpaired) electrons. The van der Waals surface area contributed by atoms with Gasteiger partial charge in [0, 0.05) is 0 Å². The summed E-state index contributed by atoms with van der Waals surface area (Å²) in [5.74, 6) is 0. The van der Waals surface area contributed by atoms with E-state index in [1.807, 2.05) is 30.3 Å². The minimum atomic E-state index is -3.16. The minimum absolute atomic E-state index is 0.676. The predicted molar refractivity (Wildman–Crippen MR) is 126 cm³/mol. The molecule has 0 saturated heterocycles. The van der Waals surface area contributed by atoms with Crippen molar-refractivity contribution < 1.29 is 4.79 Å². The maximum atomic E-state index is 11.3. The molecule has 0 aromatic heterocycles. The van der Waals surface area contributed by atoms with Crippen molar-refractivity contribution in [2.75, 3.05) is 0 Å². The van der Waals surface area contributed by atoms with Gasteiger partial charge in [0.1, 0.15) is 0 Å². The van der Waals surface area contributed by atoms with E-state index in [0.717, 1.165) is 6.29 Å². The first-order chi connectivity index (χ1) is 13.7. The van der Waals surface area contributed by atoms with Gasteiger partial charge in [-0.15, -0.1) is 0 Å². The quantitative estimate of drug-likeness (QED) is 0.312. The van der Waals surface area contributed by atoms with E-state index in [2.05, 4.69) is 100 Å². The number of halogens is 1. The van der Waals surface area contributed by atoms with Crippen LogP contribution in [-0.2, 0) is 0 Å². The molecule has 28 heavy (non-hydrogen) atoms. The van der Waals surface area contributed by atoms with Crippen molar-refractivity contribution >= 4 is 48.3 Å². The summed E-state index contributed by atoms with van der Waals surface area (Å²) >= 11 is 4.41. The summed E-state index contributed by atoms with van der Waals surface area (Å²) in [6, 6.07) is 39.8. The van der Waals surface area contributed by atoms with Gasteiger partial charge in [-0.05, 0) is 0 Å². The molecular weight excluding hydrogens is 427 g/mol. The molecule has 0 aliphatic heterocycles. The zero-order valence-electron chi connectivity index (χ0n) is 15.3. The molecule has 4 aromatic rings. The molecule has 0 spiro atoms. The molecule has 0 atom stereocenters. The fraction of sp³-hybridized carbons (Fsp3) is 0. The van der Waals surface area contributed by atoms with Gasteiger partial charge in [-0.2, -0.15) is 0 Å². The van der Waals surface area contributed by atoms with Crippen LogP contribution in [-0.4, -0.2) is 6.29 Å². The van der Waals surface area contributed by atoms with E-state index in [-0.39, 0.29) is 0 Å². The Morgan fingerprint density at radius 3 is 1.14 bits per heavy atom. The third-order valence-corrected chi connectivity index (χ3v) is 15.2. The van der Waals surface area contributed by atoms with Gasteiger partial charge in [0.25, 0.3) is 0 Å². The Morgan fingerprint density at radius 2 is 0.821 bits per heavy atom. The second-order valence-corrected chi connectivity index (χ2v) is 15.1. The molecule has 0 unspecified atom stereocenters. The number of hydrogen-bond donors (Lipinski definition) is 0. The molecular formula is C25H20BrOP. The third kappa shape index (κ3) is 2.76. The third-order valence-electron chi connectivity index (χ3n) is 5.24. The summed E-state index contributed by atoms with van der Waals surface area (Å²) in [5.41, 5.74) is 0.676.